The third-order valence-corrected chi connectivity index (χ3v) is 7.18. The summed E-state index contributed by atoms with van der Waals surface area (Å²) in [5.74, 6) is 2.46. The van der Waals surface area contributed by atoms with Gasteiger partial charge in [0.2, 0.25) is 11.9 Å². The van der Waals surface area contributed by atoms with Gasteiger partial charge in [-0.2, -0.15) is 9.97 Å². The van der Waals surface area contributed by atoms with Gasteiger partial charge in [-0.25, -0.2) is 9.97 Å². The highest BCUT2D eigenvalue weighted by molar-refractivity contribution is 5.95. The van der Waals surface area contributed by atoms with Crippen LogP contribution in [0.3, 0.4) is 0 Å². The van der Waals surface area contributed by atoms with E-state index in [0.29, 0.717) is 87.9 Å². The monoisotopic (exact) mass is 580 g/mol. The maximum Gasteiger partial charge on any atom is 0.228 e. The molecule has 0 radical (unpaired) electrons. The zero-order valence-electron chi connectivity index (χ0n) is 25.5. The van der Waals surface area contributed by atoms with Crippen LogP contribution in [0, 0.1) is 0 Å². The average molecular weight is 581 g/mol. The predicted molar refractivity (Wildman–Crippen MR) is 160 cm³/mol. The number of aliphatic hydroxyl groups is 1. The van der Waals surface area contributed by atoms with Gasteiger partial charge >= 0.3 is 0 Å². The van der Waals surface area contributed by atoms with Gasteiger partial charge in [-0.3, -0.25) is 0 Å². The maximum atomic E-state index is 9.81. The van der Waals surface area contributed by atoms with E-state index in [0.717, 1.165) is 31.7 Å². The number of likely N-dealkylation sites (N-methyl/N-ethyl adjacent to an activating group) is 1. The van der Waals surface area contributed by atoms with Gasteiger partial charge in [0.1, 0.15) is 11.0 Å². The molecule has 14 nitrogen and oxygen atoms in total. The minimum atomic E-state index is -0.0302. The second-order valence-electron chi connectivity index (χ2n) is 9.90. The smallest absolute Gasteiger partial charge is 0.228 e. The van der Waals surface area contributed by atoms with E-state index in [9.17, 15) is 5.11 Å². The van der Waals surface area contributed by atoms with E-state index in [-0.39, 0.29) is 12.7 Å². The molecule has 1 aliphatic rings. The van der Waals surface area contributed by atoms with Crippen molar-refractivity contribution < 1.29 is 28.8 Å². The van der Waals surface area contributed by atoms with Crippen molar-refractivity contribution in [3.8, 4) is 0 Å². The molecule has 0 aliphatic carbocycles. The molecule has 1 N–H and O–H groups in total. The summed E-state index contributed by atoms with van der Waals surface area (Å²) in [5.41, 5.74) is 1.28. The van der Waals surface area contributed by atoms with Crippen LogP contribution in [0.4, 0.5) is 23.5 Å². The van der Waals surface area contributed by atoms with Gasteiger partial charge in [-0.05, 0) is 12.8 Å². The van der Waals surface area contributed by atoms with E-state index in [2.05, 4.69) is 9.80 Å². The number of rotatable bonds is 19. The Morgan fingerprint density at radius 1 is 0.707 bits per heavy atom. The Hall–Kier alpha value is -2.62. The molecule has 2 aromatic rings. The quantitative estimate of drug-likeness (QED) is 0.250. The molecule has 2 aromatic heterocycles. The molecule has 0 bridgehead atoms. The lowest BCUT2D eigenvalue weighted by Gasteiger charge is -2.34. The molecule has 3 heterocycles. The molecule has 232 valence electrons. The summed E-state index contributed by atoms with van der Waals surface area (Å²) in [6, 6.07) is 0. The van der Waals surface area contributed by atoms with Crippen LogP contribution in [-0.4, -0.2) is 153 Å². The SMILES string of the molecule is COCCN(CCOC)c1nc(N2CCC(OC)CC2)c2nc(N(CCOC)CCOC)nc(N(C)CCO)c2n1. The zero-order chi connectivity index (χ0) is 29.6. The first kappa shape index (κ1) is 32.9. The number of methoxy groups -OCH3 is 5. The van der Waals surface area contributed by atoms with Gasteiger partial charge in [0.05, 0.1) is 39.1 Å². The van der Waals surface area contributed by atoms with Gasteiger partial charge in [-0.15, -0.1) is 0 Å². The van der Waals surface area contributed by atoms with Crippen LogP contribution < -0.4 is 19.6 Å². The summed E-state index contributed by atoms with van der Waals surface area (Å²) >= 11 is 0. The van der Waals surface area contributed by atoms with Crippen molar-refractivity contribution in [2.75, 3.05) is 141 Å². The molecule has 0 aromatic carbocycles. The molecule has 41 heavy (non-hydrogen) atoms. The lowest BCUT2D eigenvalue weighted by atomic mass is 10.1. The standard InChI is InChI=1S/C27H48N8O6/c1-32(11-16-36)24-22-23(29-26(30-24)34(12-17-37-2)13-18-38-3)25(33-9-7-21(41-6)8-10-33)31-27(28-22)35(14-19-39-4)15-20-40-5/h21,36H,7-20H2,1-6H3. The third-order valence-electron chi connectivity index (χ3n) is 7.18. The first-order chi connectivity index (χ1) is 20.0. The number of aromatic nitrogens is 4. The highest BCUT2D eigenvalue weighted by atomic mass is 16.5. The molecule has 3 rings (SSSR count). The molecule has 1 fully saturated rings. The van der Waals surface area contributed by atoms with Crippen LogP contribution in [0.1, 0.15) is 12.8 Å². The summed E-state index contributed by atoms with van der Waals surface area (Å²) in [4.78, 5) is 28.5. The molecule has 0 spiro atoms. The van der Waals surface area contributed by atoms with E-state index < -0.39 is 0 Å². The summed E-state index contributed by atoms with van der Waals surface area (Å²) in [5, 5.41) is 9.81. The zero-order valence-corrected chi connectivity index (χ0v) is 25.5. The van der Waals surface area contributed by atoms with Gasteiger partial charge in [0.15, 0.2) is 11.6 Å². The first-order valence-electron chi connectivity index (χ1n) is 14.2. The lowest BCUT2D eigenvalue weighted by molar-refractivity contribution is 0.0818. The Kier molecular flexibility index (Phi) is 13.9. The molecule has 14 heteroatoms. The van der Waals surface area contributed by atoms with E-state index in [4.69, 9.17) is 43.6 Å². The number of anilines is 4. The van der Waals surface area contributed by atoms with Crippen LogP contribution >= 0.6 is 0 Å². The van der Waals surface area contributed by atoms with Crippen LogP contribution in [-0.2, 0) is 23.7 Å². The van der Waals surface area contributed by atoms with Crippen molar-refractivity contribution in [3.63, 3.8) is 0 Å². The number of ether oxygens (including phenoxy) is 5. The van der Waals surface area contributed by atoms with E-state index in [1.54, 1.807) is 35.5 Å². The van der Waals surface area contributed by atoms with Crippen LogP contribution in [0.25, 0.3) is 11.0 Å². The minimum absolute atomic E-state index is 0.0302. The Balaban J connectivity index is 2.25. The molecule has 0 amide bonds. The van der Waals surface area contributed by atoms with Crippen LogP contribution in [0.15, 0.2) is 0 Å². The molecule has 1 aliphatic heterocycles. The number of hydrogen-bond acceptors (Lipinski definition) is 14. The molecule has 0 unspecified atom stereocenters. The Bertz CT molecular complexity index is 1030. The molecular weight excluding hydrogens is 532 g/mol. The molecule has 0 atom stereocenters. The number of aliphatic hydroxyl groups excluding tert-OH is 1. The molecule has 0 saturated carbocycles. The highest BCUT2D eigenvalue weighted by Gasteiger charge is 2.27. The fourth-order valence-corrected chi connectivity index (χ4v) is 4.72. The van der Waals surface area contributed by atoms with Crippen molar-refractivity contribution in [1.29, 1.82) is 0 Å². The van der Waals surface area contributed by atoms with Gasteiger partial charge in [0.25, 0.3) is 0 Å². The topological polar surface area (TPSA) is 131 Å². The third kappa shape index (κ3) is 8.93. The summed E-state index contributed by atoms with van der Waals surface area (Å²) in [6.07, 6.45) is 1.99. The minimum Gasteiger partial charge on any atom is -0.395 e. The second-order valence-corrected chi connectivity index (χ2v) is 9.90. The lowest BCUT2D eigenvalue weighted by Crippen LogP contribution is -2.38. The van der Waals surface area contributed by atoms with Crippen molar-refractivity contribution >= 4 is 34.6 Å². The summed E-state index contributed by atoms with van der Waals surface area (Å²) < 4.78 is 27.1. The Labute approximate surface area is 243 Å². The highest BCUT2D eigenvalue weighted by Crippen LogP contribution is 2.33. The molecular formula is C27H48N8O6. The fourth-order valence-electron chi connectivity index (χ4n) is 4.72. The normalized spacial score (nSPS) is 14.2. The average Bonchev–Trinajstić information content (AvgIpc) is 3.00. The van der Waals surface area contributed by atoms with Gasteiger partial charge < -0.3 is 48.4 Å². The largest absolute Gasteiger partial charge is 0.395 e. The summed E-state index contributed by atoms with van der Waals surface area (Å²) in [6.45, 7) is 6.31. The van der Waals surface area contributed by atoms with Crippen molar-refractivity contribution in [2.45, 2.75) is 18.9 Å². The number of hydrogen-bond donors (Lipinski definition) is 1. The van der Waals surface area contributed by atoms with E-state index >= 15 is 0 Å². The van der Waals surface area contributed by atoms with Crippen LogP contribution in [0.5, 0.6) is 0 Å². The van der Waals surface area contributed by atoms with E-state index in [1.165, 1.54) is 0 Å². The van der Waals surface area contributed by atoms with Crippen molar-refractivity contribution in [1.82, 2.24) is 19.9 Å². The Morgan fingerprint density at radius 3 is 1.66 bits per heavy atom. The first-order valence-corrected chi connectivity index (χ1v) is 14.2. The van der Waals surface area contributed by atoms with Gasteiger partial charge in [-0.1, -0.05) is 0 Å². The number of nitrogens with zero attached hydrogens (tertiary/aromatic N) is 8. The fraction of sp³-hybridized carbons (Fsp3) is 0.778. The number of piperidine rings is 1. The second kappa shape index (κ2) is 17.4. The maximum absolute atomic E-state index is 9.81. The van der Waals surface area contributed by atoms with Crippen molar-refractivity contribution in [3.05, 3.63) is 0 Å². The molecule has 1 saturated heterocycles. The van der Waals surface area contributed by atoms with E-state index in [1.807, 2.05) is 16.8 Å². The van der Waals surface area contributed by atoms with Crippen LogP contribution in [0.2, 0.25) is 0 Å². The predicted octanol–water partition coefficient (Wildman–Crippen LogP) is 0.662. The summed E-state index contributed by atoms with van der Waals surface area (Å²) in [7, 11) is 10.4. The van der Waals surface area contributed by atoms with Gasteiger partial charge in [0, 0.05) is 88.4 Å². The Morgan fingerprint density at radius 2 is 1.20 bits per heavy atom. The number of fused-ring (bicyclic) bond motifs is 1. The van der Waals surface area contributed by atoms with Crippen molar-refractivity contribution in [2.24, 2.45) is 0 Å².